The molecular weight excluding hydrogens is 308 g/mol. The highest BCUT2D eigenvalue weighted by Gasteiger charge is 2.16. The van der Waals surface area contributed by atoms with Gasteiger partial charge in [-0.1, -0.05) is 34.1 Å². The van der Waals surface area contributed by atoms with Crippen LogP contribution >= 0.6 is 15.9 Å². The van der Waals surface area contributed by atoms with Crippen LogP contribution in [0.1, 0.15) is 29.0 Å². The third-order valence-electron chi connectivity index (χ3n) is 2.66. The highest BCUT2D eigenvalue weighted by Crippen LogP contribution is 2.23. The molecule has 3 N–H and O–H groups in total. The number of carbonyl (C=O) groups excluding carboxylic acids is 1. The molecule has 0 saturated carbocycles. The molecular formula is C13H13BrN4O. The largest absolute Gasteiger partial charge is 0.382 e. The fourth-order valence-corrected chi connectivity index (χ4v) is 2.32. The first kappa shape index (κ1) is 13.5. The number of hydrogen-bond donors (Lipinski definition) is 2. The fourth-order valence-electron chi connectivity index (χ4n) is 1.69. The predicted molar refractivity (Wildman–Crippen MR) is 76.5 cm³/mol. The Hall–Kier alpha value is -1.95. The van der Waals surface area contributed by atoms with Gasteiger partial charge >= 0.3 is 0 Å². The number of nitrogens with zero attached hydrogens (tertiary/aromatic N) is 2. The van der Waals surface area contributed by atoms with E-state index in [9.17, 15) is 4.79 Å². The summed E-state index contributed by atoms with van der Waals surface area (Å²) in [6, 6.07) is 7.54. The quantitative estimate of drug-likeness (QED) is 0.909. The molecule has 1 aromatic carbocycles. The Morgan fingerprint density at radius 3 is 2.68 bits per heavy atom. The Balaban J connectivity index is 2.16. The Morgan fingerprint density at radius 1 is 1.32 bits per heavy atom. The predicted octanol–water partition coefficient (Wildman–Crippen LogP) is 2.31. The molecule has 1 heterocycles. The molecule has 5 nitrogen and oxygen atoms in total. The molecule has 98 valence electrons. The summed E-state index contributed by atoms with van der Waals surface area (Å²) in [5, 5.41) is 2.84. The van der Waals surface area contributed by atoms with Gasteiger partial charge in [-0.15, -0.1) is 0 Å². The first-order chi connectivity index (χ1) is 9.09. The lowest BCUT2D eigenvalue weighted by atomic mass is 10.1. The molecule has 1 aromatic heterocycles. The molecule has 6 heteroatoms. The van der Waals surface area contributed by atoms with Crippen molar-refractivity contribution < 1.29 is 4.79 Å². The van der Waals surface area contributed by atoms with E-state index in [-0.39, 0.29) is 23.5 Å². The van der Waals surface area contributed by atoms with E-state index in [0.717, 1.165) is 10.0 Å². The van der Waals surface area contributed by atoms with E-state index < -0.39 is 0 Å². The van der Waals surface area contributed by atoms with Gasteiger partial charge in [0.05, 0.1) is 6.04 Å². The summed E-state index contributed by atoms with van der Waals surface area (Å²) in [6.45, 7) is 1.89. The molecule has 0 bridgehead atoms. The zero-order chi connectivity index (χ0) is 13.8. The maximum absolute atomic E-state index is 12.1. The summed E-state index contributed by atoms with van der Waals surface area (Å²) < 4.78 is 0.940. The molecule has 0 fully saturated rings. The van der Waals surface area contributed by atoms with E-state index in [2.05, 4.69) is 31.2 Å². The molecule has 0 spiro atoms. The number of carbonyl (C=O) groups is 1. The van der Waals surface area contributed by atoms with Gasteiger partial charge in [0.2, 0.25) is 0 Å². The van der Waals surface area contributed by atoms with E-state index in [4.69, 9.17) is 5.73 Å². The van der Waals surface area contributed by atoms with Gasteiger partial charge in [0.15, 0.2) is 11.5 Å². The minimum absolute atomic E-state index is 0.124. The van der Waals surface area contributed by atoms with E-state index >= 15 is 0 Å². The molecule has 1 amide bonds. The number of hydrogen-bond acceptors (Lipinski definition) is 4. The van der Waals surface area contributed by atoms with E-state index in [1.165, 1.54) is 12.4 Å². The molecule has 2 aromatic rings. The summed E-state index contributed by atoms with van der Waals surface area (Å²) in [7, 11) is 0. The third kappa shape index (κ3) is 3.08. The molecule has 0 aliphatic rings. The number of rotatable bonds is 3. The molecule has 1 atom stereocenters. The standard InChI is InChI=1S/C13H13BrN4O/c1-8(9-4-2-3-5-10(9)14)18-13(19)11-12(15)17-7-6-16-11/h2-8H,1H3,(H2,15,17)(H,18,19)/t8-/m1/s1. The van der Waals surface area contributed by atoms with E-state index in [1.54, 1.807) is 0 Å². The van der Waals surface area contributed by atoms with Gasteiger partial charge in [-0.2, -0.15) is 0 Å². The maximum Gasteiger partial charge on any atom is 0.274 e. The number of halogens is 1. The van der Waals surface area contributed by atoms with Gasteiger partial charge < -0.3 is 11.1 Å². The van der Waals surface area contributed by atoms with Crippen LogP contribution in [0, 0.1) is 0 Å². The normalized spacial score (nSPS) is 11.9. The van der Waals surface area contributed by atoms with Crippen LogP contribution in [0.5, 0.6) is 0 Å². The highest BCUT2D eigenvalue weighted by molar-refractivity contribution is 9.10. The first-order valence-electron chi connectivity index (χ1n) is 5.71. The van der Waals surface area contributed by atoms with Gasteiger partial charge in [-0.05, 0) is 18.6 Å². The Kier molecular flexibility index (Phi) is 4.11. The number of aromatic nitrogens is 2. The lowest BCUT2D eigenvalue weighted by Crippen LogP contribution is -2.28. The molecule has 0 unspecified atom stereocenters. The molecule has 0 radical (unpaired) electrons. The van der Waals surface area contributed by atoms with Crippen LogP contribution in [0.15, 0.2) is 41.1 Å². The zero-order valence-electron chi connectivity index (χ0n) is 10.3. The minimum Gasteiger partial charge on any atom is -0.382 e. The molecule has 2 rings (SSSR count). The van der Waals surface area contributed by atoms with Crippen LogP contribution in [0.2, 0.25) is 0 Å². The van der Waals surface area contributed by atoms with Crippen molar-refractivity contribution in [2.24, 2.45) is 0 Å². The Labute approximate surface area is 119 Å². The van der Waals surface area contributed by atoms with Crippen molar-refractivity contribution in [1.29, 1.82) is 0 Å². The summed E-state index contributed by atoms with van der Waals surface area (Å²) >= 11 is 3.45. The summed E-state index contributed by atoms with van der Waals surface area (Å²) in [4.78, 5) is 19.8. The second-order valence-corrected chi connectivity index (χ2v) is 4.86. The van der Waals surface area contributed by atoms with Crippen molar-refractivity contribution >= 4 is 27.7 Å². The number of nitrogens with two attached hydrogens (primary N) is 1. The topological polar surface area (TPSA) is 80.9 Å². The summed E-state index contributed by atoms with van der Waals surface area (Å²) in [5.74, 6) is -0.215. The Morgan fingerprint density at radius 2 is 2.00 bits per heavy atom. The highest BCUT2D eigenvalue weighted by atomic mass is 79.9. The van der Waals surface area contributed by atoms with Crippen LogP contribution in [0.3, 0.4) is 0 Å². The molecule has 0 saturated heterocycles. The fraction of sp³-hybridized carbons (Fsp3) is 0.154. The average Bonchev–Trinajstić information content (AvgIpc) is 2.39. The second kappa shape index (κ2) is 5.79. The van der Waals surface area contributed by atoms with Crippen LogP contribution in [0.4, 0.5) is 5.82 Å². The van der Waals surface area contributed by atoms with Gasteiger partial charge in [0.1, 0.15) is 0 Å². The molecule has 19 heavy (non-hydrogen) atoms. The van der Waals surface area contributed by atoms with Crippen molar-refractivity contribution in [2.75, 3.05) is 5.73 Å². The summed E-state index contributed by atoms with van der Waals surface area (Å²) in [5.41, 5.74) is 6.75. The maximum atomic E-state index is 12.1. The first-order valence-corrected chi connectivity index (χ1v) is 6.50. The third-order valence-corrected chi connectivity index (χ3v) is 3.38. The smallest absolute Gasteiger partial charge is 0.274 e. The second-order valence-electron chi connectivity index (χ2n) is 4.01. The minimum atomic E-state index is -0.339. The van der Waals surface area contributed by atoms with Gasteiger partial charge in [0, 0.05) is 16.9 Å². The van der Waals surface area contributed by atoms with Crippen molar-refractivity contribution in [2.45, 2.75) is 13.0 Å². The van der Waals surface area contributed by atoms with Gasteiger partial charge in [0.25, 0.3) is 5.91 Å². The van der Waals surface area contributed by atoms with Crippen LogP contribution < -0.4 is 11.1 Å². The lowest BCUT2D eigenvalue weighted by molar-refractivity contribution is 0.0935. The average molecular weight is 321 g/mol. The van der Waals surface area contributed by atoms with E-state index in [0.29, 0.717) is 0 Å². The van der Waals surface area contributed by atoms with Crippen LogP contribution in [-0.4, -0.2) is 15.9 Å². The number of benzene rings is 1. The number of nitrogen functional groups attached to an aromatic ring is 1. The van der Waals surface area contributed by atoms with Crippen LogP contribution in [0.25, 0.3) is 0 Å². The molecule has 0 aliphatic heterocycles. The van der Waals surface area contributed by atoms with Crippen molar-refractivity contribution in [3.63, 3.8) is 0 Å². The van der Waals surface area contributed by atoms with Crippen molar-refractivity contribution in [3.05, 3.63) is 52.4 Å². The van der Waals surface area contributed by atoms with Crippen molar-refractivity contribution in [3.8, 4) is 0 Å². The Bertz CT molecular complexity index is 603. The monoisotopic (exact) mass is 320 g/mol. The summed E-state index contributed by atoms with van der Waals surface area (Å²) in [6.07, 6.45) is 2.89. The number of anilines is 1. The number of nitrogens with one attached hydrogen (secondary N) is 1. The molecule has 0 aliphatic carbocycles. The lowest BCUT2D eigenvalue weighted by Gasteiger charge is -2.15. The van der Waals surface area contributed by atoms with Gasteiger partial charge in [-0.25, -0.2) is 9.97 Å². The van der Waals surface area contributed by atoms with E-state index in [1.807, 2.05) is 31.2 Å². The van der Waals surface area contributed by atoms with Gasteiger partial charge in [-0.3, -0.25) is 4.79 Å². The van der Waals surface area contributed by atoms with Crippen molar-refractivity contribution in [1.82, 2.24) is 15.3 Å². The van der Waals surface area contributed by atoms with Crippen LogP contribution in [-0.2, 0) is 0 Å². The zero-order valence-corrected chi connectivity index (χ0v) is 11.9. The SMILES string of the molecule is C[C@@H](NC(=O)c1nccnc1N)c1ccccc1Br. The number of amides is 1.